The Kier molecular flexibility index (Phi) is 7.48. The number of anilines is 2. The summed E-state index contributed by atoms with van der Waals surface area (Å²) in [5.41, 5.74) is 3.85. The van der Waals surface area contributed by atoms with Crippen LogP contribution >= 0.6 is 11.6 Å². The maximum Gasteiger partial charge on any atom is 0.241 e. The highest BCUT2D eigenvalue weighted by Gasteiger charge is 2.26. The zero-order valence-electron chi connectivity index (χ0n) is 17.7. The molecule has 2 N–H and O–H groups in total. The molecule has 0 aliphatic carbocycles. The molecule has 1 heterocycles. The lowest BCUT2D eigenvalue weighted by Crippen LogP contribution is -2.53. The van der Waals surface area contributed by atoms with E-state index in [4.69, 9.17) is 11.6 Å². The van der Waals surface area contributed by atoms with Crippen molar-refractivity contribution in [3.63, 3.8) is 0 Å². The van der Waals surface area contributed by atoms with Gasteiger partial charge in [-0.05, 0) is 62.2 Å². The van der Waals surface area contributed by atoms with E-state index >= 15 is 0 Å². The normalized spacial score (nSPS) is 16.1. The van der Waals surface area contributed by atoms with E-state index < -0.39 is 0 Å². The second kappa shape index (κ2) is 10.1. The Hall–Kier alpha value is -2.41. The molecule has 0 bridgehead atoms. The van der Waals surface area contributed by atoms with Gasteiger partial charge in [0.2, 0.25) is 11.8 Å². The highest BCUT2D eigenvalue weighted by atomic mass is 35.5. The second-order valence-corrected chi connectivity index (χ2v) is 8.22. The minimum absolute atomic E-state index is 0.00863. The van der Waals surface area contributed by atoms with E-state index in [0.29, 0.717) is 11.6 Å². The van der Waals surface area contributed by atoms with Crippen molar-refractivity contribution in [2.75, 3.05) is 43.4 Å². The summed E-state index contributed by atoms with van der Waals surface area (Å²) in [6.45, 7) is 9.30. The van der Waals surface area contributed by atoms with Crippen molar-refractivity contribution >= 4 is 34.8 Å². The van der Waals surface area contributed by atoms with Crippen molar-refractivity contribution in [2.45, 2.75) is 26.8 Å². The first-order chi connectivity index (χ1) is 14.3. The maximum atomic E-state index is 12.6. The minimum atomic E-state index is -0.244. The number of nitrogens with zero attached hydrogens (tertiary/aromatic N) is 2. The van der Waals surface area contributed by atoms with Gasteiger partial charge in [0.05, 0.1) is 12.6 Å². The first-order valence-corrected chi connectivity index (χ1v) is 10.6. The number of carbonyl (C=O) groups excluding carboxylic acids is 2. The fraction of sp³-hybridized carbons (Fsp3) is 0.391. The van der Waals surface area contributed by atoms with Crippen LogP contribution in [0.5, 0.6) is 0 Å². The molecule has 2 aromatic carbocycles. The number of carbonyl (C=O) groups is 2. The summed E-state index contributed by atoms with van der Waals surface area (Å²) in [6.07, 6.45) is 0. The van der Waals surface area contributed by atoms with E-state index in [1.165, 1.54) is 0 Å². The molecule has 0 spiro atoms. The Bertz CT molecular complexity index is 893. The van der Waals surface area contributed by atoms with Gasteiger partial charge in [0.15, 0.2) is 0 Å². The molecular weight excluding hydrogens is 400 g/mol. The molecule has 0 unspecified atom stereocenters. The van der Waals surface area contributed by atoms with Crippen molar-refractivity contribution in [2.24, 2.45) is 0 Å². The Balaban J connectivity index is 1.45. The van der Waals surface area contributed by atoms with Gasteiger partial charge in [-0.1, -0.05) is 23.7 Å². The Labute approximate surface area is 183 Å². The lowest BCUT2D eigenvalue weighted by atomic mass is 10.1. The molecule has 3 rings (SSSR count). The lowest BCUT2D eigenvalue weighted by Gasteiger charge is -2.37. The van der Waals surface area contributed by atoms with Crippen LogP contribution in [0, 0.1) is 13.8 Å². The predicted molar refractivity (Wildman–Crippen MR) is 122 cm³/mol. The van der Waals surface area contributed by atoms with Crippen LogP contribution in [0.3, 0.4) is 0 Å². The van der Waals surface area contributed by atoms with Crippen molar-refractivity contribution in [1.82, 2.24) is 9.80 Å². The second-order valence-electron chi connectivity index (χ2n) is 7.78. The van der Waals surface area contributed by atoms with Crippen LogP contribution in [0.15, 0.2) is 42.5 Å². The van der Waals surface area contributed by atoms with Crippen molar-refractivity contribution < 1.29 is 9.59 Å². The number of aryl methyl sites for hydroxylation is 1. The lowest BCUT2D eigenvalue weighted by molar-refractivity contribution is -0.122. The molecule has 30 heavy (non-hydrogen) atoms. The number of nitrogens with one attached hydrogen (secondary N) is 2. The van der Waals surface area contributed by atoms with Crippen LogP contribution in [-0.2, 0) is 9.59 Å². The molecule has 0 radical (unpaired) electrons. The van der Waals surface area contributed by atoms with Crippen LogP contribution in [0.25, 0.3) is 0 Å². The number of rotatable bonds is 6. The molecule has 2 aromatic rings. The van der Waals surface area contributed by atoms with Gasteiger partial charge in [-0.15, -0.1) is 0 Å². The molecular formula is C23H29ClN4O2. The molecule has 2 amide bonds. The zero-order chi connectivity index (χ0) is 21.7. The van der Waals surface area contributed by atoms with Crippen LogP contribution in [-0.4, -0.2) is 60.4 Å². The van der Waals surface area contributed by atoms with Crippen LogP contribution < -0.4 is 10.6 Å². The number of hydrogen-bond donors (Lipinski definition) is 2. The molecule has 6 nitrogen and oxygen atoms in total. The SMILES string of the molecule is Cc1cccc(NC(=O)CN2CCN([C@@H](C)C(=O)Nc3ccc(Cl)cc3)CC2)c1C. The topological polar surface area (TPSA) is 64.7 Å². The van der Waals surface area contributed by atoms with E-state index in [1.54, 1.807) is 24.3 Å². The fourth-order valence-corrected chi connectivity index (χ4v) is 3.66. The monoisotopic (exact) mass is 428 g/mol. The minimum Gasteiger partial charge on any atom is -0.325 e. The van der Waals surface area contributed by atoms with Gasteiger partial charge in [0.1, 0.15) is 0 Å². The van der Waals surface area contributed by atoms with Gasteiger partial charge >= 0.3 is 0 Å². The van der Waals surface area contributed by atoms with Gasteiger partial charge < -0.3 is 10.6 Å². The van der Waals surface area contributed by atoms with Crippen molar-refractivity contribution in [3.8, 4) is 0 Å². The van der Waals surface area contributed by atoms with Crippen molar-refractivity contribution in [3.05, 3.63) is 58.6 Å². The molecule has 160 valence electrons. The summed E-state index contributed by atoms with van der Waals surface area (Å²) in [7, 11) is 0. The van der Waals surface area contributed by atoms with E-state index in [1.807, 2.05) is 39.0 Å². The molecule has 1 aliphatic rings. The smallest absolute Gasteiger partial charge is 0.241 e. The average molecular weight is 429 g/mol. The predicted octanol–water partition coefficient (Wildman–Crippen LogP) is 3.54. The quantitative estimate of drug-likeness (QED) is 0.738. The summed E-state index contributed by atoms with van der Waals surface area (Å²) >= 11 is 5.89. The highest BCUT2D eigenvalue weighted by Crippen LogP contribution is 2.18. The highest BCUT2D eigenvalue weighted by molar-refractivity contribution is 6.30. The molecule has 1 aliphatic heterocycles. The van der Waals surface area contributed by atoms with Gasteiger partial charge in [-0.25, -0.2) is 0 Å². The molecule has 0 aromatic heterocycles. The van der Waals surface area contributed by atoms with E-state index in [0.717, 1.165) is 48.7 Å². The first-order valence-electron chi connectivity index (χ1n) is 10.2. The summed E-state index contributed by atoms with van der Waals surface area (Å²) in [5, 5.41) is 6.58. The Morgan fingerprint density at radius 3 is 2.33 bits per heavy atom. The number of benzene rings is 2. The summed E-state index contributed by atoms with van der Waals surface area (Å²) < 4.78 is 0. The molecule has 1 atom stereocenters. The molecule has 1 saturated heterocycles. The molecule has 1 fully saturated rings. The van der Waals surface area contributed by atoms with Crippen molar-refractivity contribution in [1.29, 1.82) is 0 Å². The van der Waals surface area contributed by atoms with Crippen LogP contribution in [0.1, 0.15) is 18.1 Å². The van der Waals surface area contributed by atoms with Gasteiger partial charge in [-0.2, -0.15) is 0 Å². The van der Waals surface area contributed by atoms with Gasteiger partial charge in [0.25, 0.3) is 0 Å². The Morgan fingerprint density at radius 1 is 1.00 bits per heavy atom. The van der Waals surface area contributed by atoms with E-state index in [-0.39, 0.29) is 17.9 Å². The average Bonchev–Trinajstić information content (AvgIpc) is 2.73. The number of halogens is 1. The van der Waals surface area contributed by atoms with E-state index in [2.05, 4.69) is 20.4 Å². The van der Waals surface area contributed by atoms with Gasteiger partial charge in [-0.3, -0.25) is 19.4 Å². The molecule has 7 heteroatoms. The number of amides is 2. The van der Waals surface area contributed by atoms with Crippen LogP contribution in [0.2, 0.25) is 5.02 Å². The standard InChI is InChI=1S/C23H29ClN4O2/c1-16-5-4-6-21(17(16)2)26-22(29)15-27-11-13-28(14-12-27)18(3)23(30)25-20-9-7-19(24)8-10-20/h4-10,18H,11-15H2,1-3H3,(H,25,30)(H,26,29)/t18-/m0/s1. The zero-order valence-corrected chi connectivity index (χ0v) is 18.5. The Morgan fingerprint density at radius 2 is 1.67 bits per heavy atom. The summed E-state index contributed by atoms with van der Waals surface area (Å²) in [6, 6.07) is 12.8. The third-order valence-electron chi connectivity index (χ3n) is 5.69. The third kappa shape index (κ3) is 5.81. The van der Waals surface area contributed by atoms with Gasteiger partial charge in [0, 0.05) is 42.6 Å². The van der Waals surface area contributed by atoms with Crippen LogP contribution in [0.4, 0.5) is 11.4 Å². The van der Waals surface area contributed by atoms with E-state index in [9.17, 15) is 9.59 Å². The molecule has 0 saturated carbocycles. The summed E-state index contributed by atoms with van der Waals surface area (Å²) in [4.78, 5) is 29.3. The third-order valence-corrected chi connectivity index (χ3v) is 5.94. The summed E-state index contributed by atoms with van der Waals surface area (Å²) in [5.74, 6) is -0.0517. The number of piperazine rings is 1. The maximum absolute atomic E-state index is 12.6. The first kappa shape index (κ1) is 22.3. The fourth-order valence-electron chi connectivity index (χ4n) is 3.53. The largest absolute Gasteiger partial charge is 0.325 e. The number of hydrogen-bond acceptors (Lipinski definition) is 4.